The predicted octanol–water partition coefficient (Wildman–Crippen LogP) is 1.66. The van der Waals surface area contributed by atoms with E-state index in [2.05, 4.69) is 25.7 Å². The van der Waals surface area contributed by atoms with Crippen molar-refractivity contribution in [1.82, 2.24) is 25.6 Å². The van der Waals surface area contributed by atoms with Gasteiger partial charge in [0.05, 0.1) is 11.4 Å². The van der Waals surface area contributed by atoms with E-state index in [-0.39, 0.29) is 17.4 Å². The van der Waals surface area contributed by atoms with Crippen molar-refractivity contribution in [2.75, 3.05) is 13.1 Å². The minimum Gasteiger partial charge on any atom is -0.435 e. The van der Waals surface area contributed by atoms with E-state index < -0.39 is 6.61 Å². The zero-order chi connectivity index (χ0) is 17.8. The number of benzene rings is 1. The largest absolute Gasteiger partial charge is 0.435 e. The Balaban J connectivity index is 1.68. The monoisotopic (exact) mass is 351 g/mol. The molecule has 25 heavy (non-hydrogen) atoms. The Hall–Kier alpha value is -2.55. The minimum absolute atomic E-state index is 0.0542. The molecule has 1 saturated heterocycles. The van der Waals surface area contributed by atoms with E-state index in [0.717, 1.165) is 19.4 Å². The number of aromatic nitrogens is 3. The summed E-state index contributed by atoms with van der Waals surface area (Å²) in [6, 6.07) is 6.26. The molecule has 0 saturated carbocycles. The highest BCUT2D eigenvalue weighted by Crippen LogP contribution is 2.18. The topological polar surface area (TPSA) is 81.1 Å². The number of halogens is 2. The second-order valence-electron chi connectivity index (χ2n) is 5.81. The highest BCUT2D eigenvalue weighted by Gasteiger charge is 2.20. The van der Waals surface area contributed by atoms with Crippen LogP contribution >= 0.6 is 0 Å². The first-order valence-electron chi connectivity index (χ1n) is 8.03. The first kappa shape index (κ1) is 17.3. The van der Waals surface area contributed by atoms with Crippen molar-refractivity contribution < 1.29 is 18.3 Å². The summed E-state index contributed by atoms with van der Waals surface area (Å²) in [6.07, 6.45) is 2.15. The van der Waals surface area contributed by atoms with Gasteiger partial charge in [0.25, 0.3) is 5.91 Å². The van der Waals surface area contributed by atoms with Gasteiger partial charge in [-0.15, -0.1) is 5.10 Å². The maximum Gasteiger partial charge on any atom is 0.387 e. The summed E-state index contributed by atoms with van der Waals surface area (Å²) in [5, 5.41) is 14.1. The fourth-order valence-electron chi connectivity index (χ4n) is 2.78. The molecule has 1 aromatic heterocycles. The van der Waals surface area contributed by atoms with E-state index in [1.807, 2.05) is 0 Å². The molecule has 0 spiro atoms. The smallest absolute Gasteiger partial charge is 0.387 e. The van der Waals surface area contributed by atoms with Gasteiger partial charge in [-0.1, -0.05) is 5.21 Å². The maximum atomic E-state index is 12.3. The van der Waals surface area contributed by atoms with Crippen LogP contribution in [0.1, 0.15) is 29.0 Å². The third-order valence-electron chi connectivity index (χ3n) is 4.09. The van der Waals surface area contributed by atoms with Gasteiger partial charge in [-0.2, -0.15) is 8.78 Å². The van der Waals surface area contributed by atoms with E-state index in [0.29, 0.717) is 24.0 Å². The molecule has 0 radical (unpaired) electrons. The van der Waals surface area contributed by atoms with Crippen LogP contribution in [-0.2, 0) is 0 Å². The number of rotatable bonds is 6. The fourth-order valence-corrected chi connectivity index (χ4v) is 2.78. The Morgan fingerprint density at radius 3 is 2.84 bits per heavy atom. The van der Waals surface area contributed by atoms with Gasteiger partial charge in [0.15, 0.2) is 5.69 Å². The van der Waals surface area contributed by atoms with Crippen molar-refractivity contribution in [3.05, 3.63) is 35.7 Å². The van der Waals surface area contributed by atoms with E-state index >= 15 is 0 Å². The Labute approximate surface area is 143 Å². The van der Waals surface area contributed by atoms with Gasteiger partial charge >= 0.3 is 6.61 Å². The number of hydrogen-bond acceptors (Lipinski definition) is 5. The lowest BCUT2D eigenvalue weighted by Gasteiger charge is -2.10. The lowest BCUT2D eigenvalue weighted by atomic mass is 10.2. The van der Waals surface area contributed by atoms with Gasteiger partial charge in [-0.3, -0.25) is 4.79 Å². The minimum atomic E-state index is -2.87. The molecule has 9 heteroatoms. The van der Waals surface area contributed by atoms with E-state index in [1.165, 1.54) is 16.8 Å². The van der Waals surface area contributed by atoms with Crippen LogP contribution in [-0.4, -0.2) is 46.6 Å². The van der Waals surface area contributed by atoms with Gasteiger partial charge in [0.2, 0.25) is 0 Å². The number of nitrogens with one attached hydrogen (secondary N) is 2. The van der Waals surface area contributed by atoms with E-state index in [4.69, 9.17) is 0 Å². The highest BCUT2D eigenvalue weighted by molar-refractivity contribution is 5.93. The number of amides is 1. The molecular formula is C16H19F2N5O2. The zero-order valence-corrected chi connectivity index (χ0v) is 13.7. The average molecular weight is 351 g/mol. The van der Waals surface area contributed by atoms with Crippen LogP contribution in [0.2, 0.25) is 0 Å². The van der Waals surface area contributed by atoms with Crippen molar-refractivity contribution in [1.29, 1.82) is 0 Å². The second-order valence-corrected chi connectivity index (χ2v) is 5.81. The van der Waals surface area contributed by atoms with Gasteiger partial charge in [0, 0.05) is 12.6 Å². The fraction of sp³-hybridized carbons (Fsp3) is 0.438. The number of hydrogen-bond donors (Lipinski definition) is 2. The first-order chi connectivity index (χ1) is 12.0. The quantitative estimate of drug-likeness (QED) is 0.827. The third kappa shape index (κ3) is 4.11. The molecule has 1 aromatic carbocycles. The molecule has 1 amide bonds. The van der Waals surface area contributed by atoms with E-state index in [1.54, 1.807) is 19.1 Å². The molecule has 0 aliphatic carbocycles. The van der Waals surface area contributed by atoms with Gasteiger partial charge < -0.3 is 15.4 Å². The Bertz CT molecular complexity index is 727. The second kappa shape index (κ2) is 7.56. The Morgan fingerprint density at radius 2 is 2.20 bits per heavy atom. The summed E-state index contributed by atoms with van der Waals surface area (Å²) in [6.45, 7) is 0.376. The number of carbonyl (C=O) groups is 1. The number of carbonyl (C=O) groups excluding carboxylic acids is 1. The molecule has 3 rings (SSSR count). The van der Waals surface area contributed by atoms with E-state index in [9.17, 15) is 13.6 Å². The van der Waals surface area contributed by atoms with Gasteiger partial charge in [0.1, 0.15) is 5.75 Å². The standard InChI is InChI=1S/C16H19F2N5O2/c1-10-14(15(24)20-9-11-3-2-8-19-11)21-22-23(10)12-4-6-13(7-5-12)25-16(17)18/h4-7,11,16,19H,2-3,8-9H2,1H3,(H,20,24). The van der Waals surface area contributed by atoms with Crippen LogP contribution in [0.4, 0.5) is 8.78 Å². The molecule has 0 bridgehead atoms. The molecule has 1 unspecified atom stereocenters. The lowest BCUT2D eigenvalue weighted by Crippen LogP contribution is -2.37. The van der Waals surface area contributed by atoms with Gasteiger partial charge in [-0.25, -0.2) is 4.68 Å². The number of ether oxygens (including phenoxy) is 1. The molecule has 1 atom stereocenters. The summed E-state index contributed by atoms with van der Waals surface area (Å²) in [7, 11) is 0. The van der Waals surface area contributed by atoms with Crippen molar-refractivity contribution in [2.24, 2.45) is 0 Å². The lowest BCUT2D eigenvalue weighted by molar-refractivity contribution is -0.0498. The van der Waals surface area contributed by atoms with Crippen LogP contribution < -0.4 is 15.4 Å². The van der Waals surface area contributed by atoms with Crippen LogP contribution in [0, 0.1) is 6.92 Å². The predicted molar refractivity (Wildman–Crippen MR) is 86.1 cm³/mol. The summed E-state index contributed by atoms with van der Waals surface area (Å²) >= 11 is 0. The maximum absolute atomic E-state index is 12.3. The molecule has 1 aliphatic heterocycles. The van der Waals surface area contributed by atoms with Crippen LogP contribution in [0.15, 0.2) is 24.3 Å². The van der Waals surface area contributed by atoms with Crippen LogP contribution in [0.3, 0.4) is 0 Å². The molecule has 1 aliphatic rings. The summed E-state index contributed by atoms with van der Waals surface area (Å²) < 4.78 is 30.2. The normalized spacial score (nSPS) is 17.0. The van der Waals surface area contributed by atoms with Crippen LogP contribution in [0.5, 0.6) is 5.75 Å². The average Bonchev–Trinajstić information content (AvgIpc) is 3.23. The molecule has 2 N–H and O–H groups in total. The summed E-state index contributed by atoms with van der Waals surface area (Å²) in [4.78, 5) is 12.3. The molecule has 2 heterocycles. The van der Waals surface area contributed by atoms with Crippen molar-refractivity contribution >= 4 is 5.91 Å². The zero-order valence-electron chi connectivity index (χ0n) is 13.7. The van der Waals surface area contributed by atoms with Crippen molar-refractivity contribution in [2.45, 2.75) is 32.4 Å². The molecule has 1 fully saturated rings. The highest BCUT2D eigenvalue weighted by atomic mass is 19.3. The summed E-state index contributed by atoms with van der Waals surface area (Å²) in [5.41, 5.74) is 1.41. The summed E-state index contributed by atoms with van der Waals surface area (Å²) in [5.74, 6) is -0.228. The Morgan fingerprint density at radius 1 is 1.44 bits per heavy atom. The van der Waals surface area contributed by atoms with Crippen molar-refractivity contribution in [3.63, 3.8) is 0 Å². The first-order valence-corrected chi connectivity index (χ1v) is 8.03. The molecular weight excluding hydrogens is 332 g/mol. The molecule has 7 nitrogen and oxygen atoms in total. The molecule has 134 valence electrons. The molecule has 2 aromatic rings. The number of nitrogens with zero attached hydrogens (tertiary/aromatic N) is 3. The van der Waals surface area contributed by atoms with Crippen molar-refractivity contribution in [3.8, 4) is 11.4 Å². The van der Waals surface area contributed by atoms with Crippen LogP contribution in [0.25, 0.3) is 5.69 Å². The SMILES string of the molecule is Cc1c(C(=O)NCC2CCCN2)nnn1-c1ccc(OC(F)F)cc1. The number of alkyl halides is 2. The van der Waals surface area contributed by atoms with Gasteiger partial charge in [-0.05, 0) is 50.6 Å². The Kier molecular flexibility index (Phi) is 5.22. The third-order valence-corrected chi connectivity index (χ3v) is 4.09.